The molecule has 0 aliphatic carbocycles. The molecular weight excluding hydrogens is 264 g/mol. The predicted molar refractivity (Wildman–Crippen MR) is 82.6 cm³/mol. The van der Waals surface area contributed by atoms with Crippen LogP contribution in [0.5, 0.6) is 0 Å². The van der Waals surface area contributed by atoms with Gasteiger partial charge in [-0.3, -0.25) is 4.79 Å². The molecule has 0 radical (unpaired) electrons. The number of hydrogen-bond acceptors (Lipinski definition) is 2. The fraction of sp³-hybridized carbons (Fsp3) is 0.278. The molecule has 2 N–H and O–H groups in total. The van der Waals surface area contributed by atoms with Crippen molar-refractivity contribution in [2.24, 2.45) is 0 Å². The van der Waals surface area contributed by atoms with Crippen molar-refractivity contribution in [1.29, 1.82) is 0 Å². The van der Waals surface area contributed by atoms with E-state index >= 15 is 0 Å². The molecule has 106 valence electrons. The first-order valence-electron chi connectivity index (χ1n) is 6.36. The minimum absolute atomic E-state index is 0.138. The van der Waals surface area contributed by atoms with Gasteiger partial charge in [0.2, 0.25) is 0 Å². The fourth-order valence-electron chi connectivity index (χ4n) is 1.23. The lowest BCUT2D eigenvalue weighted by Crippen LogP contribution is -2.02. The fourth-order valence-corrected chi connectivity index (χ4v) is 1.23. The molecule has 0 unspecified atom stereocenters. The van der Waals surface area contributed by atoms with E-state index in [0.29, 0.717) is 19.3 Å². The number of carboxylic acids is 1. The lowest BCUT2D eigenvalue weighted by molar-refractivity contribution is -0.137. The van der Waals surface area contributed by atoms with Crippen LogP contribution < -0.4 is 0 Å². The van der Waals surface area contributed by atoms with Gasteiger partial charge in [0.05, 0.1) is 6.10 Å². The third kappa shape index (κ3) is 15.1. The SMILES string of the molecule is C#CC#CC#CC#C/C=C\C=C\[C@@H](O)CCCCC(=O)O. The van der Waals surface area contributed by atoms with Crippen LogP contribution in [0.15, 0.2) is 24.3 Å². The van der Waals surface area contributed by atoms with Gasteiger partial charge in [0.15, 0.2) is 0 Å². The smallest absolute Gasteiger partial charge is 0.303 e. The number of allylic oxidation sites excluding steroid dienone is 3. The van der Waals surface area contributed by atoms with E-state index in [2.05, 4.69) is 41.4 Å². The summed E-state index contributed by atoms with van der Waals surface area (Å²) in [5.41, 5.74) is 0. The molecule has 0 aromatic rings. The highest BCUT2D eigenvalue weighted by Crippen LogP contribution is 2.04. The van der Waals surface area contributed by atoms with Crippen molar-refractivity contribution in [3.8, 4) is 47.9 Å². The van der Waals surface area contributed by atoms with Crippen LogP contribution in [0.1, 0.15) is 25.7 Å². The molecule has 0 aliphatic heterocycles. The largest absolute Gasteiger partial charge is 0.481 e. The zero-order chi connectivity index (χ0) is 15.8. The van der Waals surface area contributed by atoms with Crippen LogP contribution in [0.3, 0.4) is 0 Å². The first-order chi connectivity index (χ1) is 10.2. The number of aliphatic hydroxyl groups excluding tert-OH is 1. The van der Waals surface area contributed by atoms with Gasteiger partial charge in [-0.1, -0.05) is 24.1 Å². The van der Waals surface area contributed by atoms with Crippen LogP contribution in [-0.2, 0) is 4.79 Å². The van der Waals surface area contributed by atoms with Crippen molar-refractivity contribution < 1.29 is 15.0 Å². The lowest BCUT2D eigenvalue weighted by atomic mass is 10.1. The molecule has 0 saturated heterocycles. The van der Waals surface area contributed by atoms with Gasteiger partial charge in [-0.2, -0.15) is 0 Å². The number of aliphatic carboxylic acids is 1. The maximum atomic E-state index is 10.3. The van der Waals surface area contributed by atoms with E-state index in [9.17, 15) is 9.90 Å². The Morgan fingerprint density at radius 2 is 1.81 bits per heavy atom. The molecule has 0 aliphatic rings. The van der Waals surface area contributed by atoms with Crippen molar-refractivity contribution in [2.45, 2.75) is 31.8 Å². The zero-order valence-electron chi connectivity index (χ0n) is 11.6. The molecule has 0 fully saturated rings. The average molecular weight is 280 g/mol. The van der Waals surface area contributed by atoms with Crippen LogP contribution in [0, 0.1) is 47.9 Å². The first kappa shape index (κ1) is 18.1. The Kier molecular flexibility index (Phi) is 11.7. The van der Waals surface area contributed by atoms with Gasteiger partial charge in [-0.05, 0) is 60.9 Å². The number of rotatable bonds is 7. The molecule has 1 atom stereocenters. The van der Waals surface area contributed by atoms with E-state index in [1.165, 1.54) is 0 Å². The quantitative estimate of drug-likeness (QED) is 0.424. The standard InChI is InChI=1S/C18H16O3/c1-2-3-4-5-6-7-8-9-10-11-14-17(19)15-12-13-16-18(20)21/h1,9-11,14,17,19H,12-13,15-16H2,(H,20,21)/b10-9-,14-11+/t17-/m1/s1. The first-order valence-corrected chi connectivity index (χ1v) is 6.36. The summed E-state index contributed by atoms with van der Waals surface area (Å²) in [4.78, 5) is 10.3. The molecule has 0 spiro atoms. The second-order valence-corrected chi connectivity index (χ2v) is 3.86. The second kappa shape index (κ2) is 13.6. The summed E-state index contributed by atoms with van der Waals surface area (Å²) < 4.78 is 0. The Balaban J connectivity index is 3.90. The van der Waals surface area contributed by atoms with Crippen molar-refractivity contribution in [2.75, 3.05) is 0 Å². The summed E-state index contributed by atoms with van der Waals surface area (Å²) in [5.74, 6) is 16.3. The minimum Gasteiger partial charge on any atom is -0.481 e. The second-order valence-electron chi connectivity index (χ2n) is 3.86. The molecule has 3 heteroatoms. The lowest BCUT2D eigenvalue weighted by Gasteiger charge is -2.03. The Hall–Kier alpha value is -2.85. The van der Waals surface area contributed by atoms with Gasteiger partial charge in [0.25, 0.3) is 0 Å². The Bertz CT molecular complexity index is 599. The third-order valence-corrected chi connectivity index (χ3v) is 2.16. The van der Waals surface area contributed by atoms with E-state index in [-0.39, 0.29) is 6.42 Å². The zero-order valence-corrected chi connectivity index (χ0v) is 11.6. The van der Waals surface area contributed by atoms with Crippen molar-refractivity contribution in [3.05, 3.63) is 24.3 Å². The molecule has 0 heterocycles. The predicted octanol–water partition coefficient (Wildman–Crippen LogP) is 1.75. The van der Waals surface area contributed by atoms with E-state index in [1.807, 2.05) is 0 Å². The molecule has 0 amide bonds. The van der Waals surface area contributed by atoms with Gasteiger partial charge in [0, 0.05) is 6.42 Å². The van der Waals surface area contributed by atoms with Crippen LogP contribution in [0.2, 0.25) is 0 Å². The van der Waals surface area contributed by atoms with Gasteiger partial charge in [-0.15, -0.1) is 6.42 Å². The summed E-state index contributed by atoms with van der Waals surface area (Å²) in [6.07, 6.45) is 12.9. The maximum absolute atomic E-state index is 10.3. The number of hydrogen-bond donors (Lipinski definition) is 2. The van der Waals surface area contributed by atoms with E-state index in [0.717, 1.165) is 0 Å². The molecule has 0 saturated carbocycles. The number of unbranched alkanes of at least 4 members (excludes halogenated alkanes) is 1. The molecule has 0 bridgehead atoms. The Labute approximate surface area is 125 Å². The van der Waals surface area contributed by atoms with Gasteiger partial charge in [0.1, 0.15) is 0 Å². The topological polar surface area (TPSA) is 57.5 Å². The van der Waals surface area contributed by atoms with Crippen LogP contribution in [0.4, 0.5) is 0 Å². The third-order valence-electron chi connectivity index (χ3n) is 2.16. The van der Waals surface area contributed by atoms with Crippen LogP contribution in [-0.4, -0.2) is 22.3 Å². The summed E-state index contributed by atoms with van der Waals surface area (Å²) in [7, 11) is 0. The number of terminal acetylenes is 1. The highest BCUT2D eigenvalue weighted by atomic mass is 16.4. The van der Waals surface area contributed by atoms with Gasteiger partial charge in [-0.25, -0.2) is 0 Å². The van der Waals surface area contributed by atoms with Crippen molar-refractivity contribution in [3.63, 3.8) is 0 Å². The van der Waals surface area contributed by atoms with Crippen LogP contribution >= 0.6 is 0 Å². The summed E-state index contributed by atoms with van der Waals surface area (Å²) in [6, 6.07) is 0. The Morgan fingerprint density at radius 3 is 2.52 bits per heavy atom. The average Bonchev–Trinajstić information content (AvgIpc) is 2.45. The number of carboxylic acid groups (broad SMARTS) is 1. The normalized spacial score (nSPS) is 10.5. The van der Waals surface area contributed by atoms with Gasteiger partial charge >= 0.3 is 5.97 Å². The Morgan fingerprint density at radius 1 is 1.10 bits per heavy atom. The van der Waals surface area contributed by atoms with Crippen molar-refractivity contribution in [1.82, 2.24) is 0 Å². The summed E-state index contributed by atoms with van der Waals surface area (Å²) >= 11 is 0. The molecule has 0 aromatic carbocycles. The number of carbonyl (C=O) groups is 1. The van der Waals surface area contributed by atoms with E-state index in [1.54, 1.807) is 24.3 Å². The van der Waals surface area contributed by atoms with Crippen molar-refractivity contribution >= 4 is 5.97 Å². The van der Waals surface area contributed by atoms with E-state index < -0.39 is 12.1 Å². The summed E-state index contributed by atoms with van der Waals surface area (Å²) in [6.45, 7) is 0. The molecule has 21 heavy (non-hydrogen) atoms. The minimum atomic E-state index is -0.810. The molecular formula is C18H16O3. The molecule has 0 aromatic heterocycles. The monoisotopic (exact) mass is 280 g/mol. The summed E-state index contributed by atoms with van der Waals surface area (Å²) in [5, 5.41) is 18.0. The van der Waals surface area contributed by atoms with Gasteiger partial charge < -0.3 is 10.2 Å². The highest BCUT2D eigenvalue weighted by molar-refractivity contribution is 5.66. The number of aliphatic hydroxyl groups is 1. The van der Waals surface area contributed by atoms with Crippen LogP contribution in [0.25, 0.3) is 0 Å². The molecule has 3 nitrogen and oxygen atoms in total. The van der Waals surface area contributed by atoms with E-state index in [4.69, 9.17) is 11.5 Å². The maximum Gasteiger partial charge on any atom is 0.303 e. The molecule has 0 rings (SSSR count). The highest BCUT2D eigenvalue weighted by Gasteiger charge is 2.00.